The van der Waals surface area contributed by atoms with Crippen molar-refractivity contribution in [1.82, 2.24) is 15.1 Å². The van der Waals surface area contributed by atoms with E-state index in [-0.39, 0.29) is 24.4 Å². The van der Waals surface area contributed by atoms with Crippen LogP contribution in [-0.2, 0) is 16.1 Å². The van der Waals surface area contributed by atoms with Crippen molar-refractivity contribution in [3.8, 4) is 11.5 Å². The summed E-state index contributed by atoms with van der Waals surface area (Å²) >= 11 is 5.66. The van der Waals surface area contributed by atoms with Gasteiger partial charge in [0.15, 0.2) is 5.11 Å². The van der Waals surface area contributed by atoms with Crippen LogP contribution >= 0.6 is 12.2 Å². The molecule has 1 heterocycles. The predicted molar refractivity (Wildman–Crippen MR) is 167 cm³/mol. The van der Waals surface area contributed by atoms with E-state index in [0.29, 0.717) is 48.2 Å². The Bertz CT molecular complexity index is 1400. The molecule has 9 heteroatoms. The summed E-state index contributed by atoms with van der Waals surface area (Å²) in [4.78, 5) is 32.4. The molecule has 1 aliphatic heterocycles. The highest BCUT2D eigenvalue weighted by Crippen LogP contribution is 2.38. The monoisotopic (exact) mass is 586 g/mol. The van der Waals surface area contributed by atoms with Gasteiger partial charge in [0.25, 0.3) is 0 Å². The summed E-state index contributed by atoms with van der Waals surface area (Å²) in [5.74, 6) is 0.784. The van der Waals surface area contributed by atoms with Gasteiger partial charge in [0.05, 0.1) is 32.5 Å². The van der Waals surface area contributed by atoms with Crippen molar-refractivity contribution in [2.24, 2.45) is 0 Å². The van der Waals surface area contributed by atoms with E-state index in [1.54, 1.807) is 37.3 Å². The molecule has 0 aromatic heterocycles. The van der Waals surface area contributed by atoms with E-state index in [4.69, 9.17) is 21.7 Å². The Kier molecular flexibility index (Phi) is 9.27. The zero-order valence-electron chi connectivity index (χ0n) is 24.2. The lowest BCUT2D eigenvalue weighted by Gasteiger charge is -2.45. The lowest BCUT2D eigenvalue weighted by Crippen LogP contribution is -2.61. The highest BCUT2D eigenvalue weighted by molar-refractivity contribution is 7.80. The Morgan fingerprint density at radius 2 is 1.67 bits per heavy atom. The summed E-state index contributed by atoms with van der Waals surface area (Å²) in [6.45, 7) is 0.988. The number of hydrogen-bond acceptors (Lipinski definition) is 5. The SMILES string of the molecule is COc1ccc(NC(=O)C2(N(Cc3ccccc3)C(=O)CN3CC(c4ccccc4)NC3=S)CCCCC2)c(OC)c1. The molecule has 1 saturated heterocycles. The molecule has 0 bridgehead atoms. The number of carbonyl (C=O) groups is 2. The molecule has 1 aliphatic carbocycles. The van der Waals surface area contributed by atoms with Gasteiger partial charge in [0.2, 0.25) is 11.8 Å². The second-order valence-corrected chi connectivity index (χ2v) is 11.3. The molecule has 5 rings (SSSR count). The number of nitrogens with one attached hydrogen (secondary N) is 2. The van der Waals surface area contributed by atoms with Gasteiger partial charge in [-0.3, -0.25) is 9.59 Å². The third kappa shape index (κ3) is 6.36. The number of amides is 2. The zero-order valence-corrected chi connectivity index (χ0v) is 25.0. The van der Waals surface area contributed by atoms with E-state index in [1.165, 1.54) is 0 Å². The van der Waals surface area contributed by atoms with Gasteiger partial charge in [-0.25, -0.2) is 0 Å². The van der Waals surface area contributed by atoms with Gasteiger partial charge in [-0.2, -0.15) is 0 Å². The van der Waals surface area contributed by atoms with E-state index >= 15 is 0 Å². The lowest BCUT2D eigenvalue weighted by atomic mass is 9.78. The van der Waals surface area contributed by atoms with Crippen LogP contribution in [0.5, 0.6) is 11.5 Å². The summed E-state index contributed by atoms with van der Waals surface area (Å²) in [6.07, 6.45) is 3.88. The molecule has 42 heavy (non-hydrogen) atoms. The summed E-state index contributed by atoms with van der Waals surface area (Å²) in [7, 11) is 3.14. The van der Waals surface area contributed by atoms with Crippen molar-refractivity contribution in [3.63, 3.8) is 0 Å². The second-order valence-electron chi connectivity index (χ2n) is 10.9. The predicted octanol–water partition coefficient (Wildman–Crippen LogP) is 5.31. The molecule has 2 N–H and O–H groups in total. The maximum atomic E-state index is 14.3. The van der Waals surface area contributed by atoms with E-state index in [9.17, 15) is 9.59 Å². The first-order valence-corrected chi connectivity index (χ1v) is 14.8. The van der Waals surface area contributed by atoms with Crippen molar-refractivity contribution in [1.29, 1.82) is 0 Å². The molecule has 0 radical (unpaired) electrons. The van der Waals surface area contributed by atoms with Crippen LogP contribution in [0.4, 0.5) is 5.69 Å². The van der Waals surface area contributed by atoms with Crippen molar-refractivity contribution < 1.29 is 19.1 Å². The van der Waals surface area contributed by atoms with E-state index < -0.39 is 5.54 Å². The topological polar surface area (TPSA) is 83.1 Å². The minimum atomic E-state index is -1.02. The zero-order chi connectivity index (χ0) is 29.5. The molecule has 0 spiro atoms. The Balaban J connectivity index is 1.44. The highest BCUT2D eigenvalue weighted by Gasteiger charge is 2.47. The molecule has 8 nitrogen and oxygen atoms in total. The lowest BCUT2D eigenvalue weighted by molar-refractivity contribution is -0.149. The van der Waals surface area contributed by atoms with Crippen LogP contribution in [0, 0.1) is 0 Å². The molecule has 1 atom stereocenters. The first-order chi connectivity index (χ1) is 20.4. The number of rotatable bonds is 10. The average Bonchev–Trinajstić information content (AvgIpc) is 3.40. The largest absolute Gasteiger partial charge is 0.497 e. The first kappa shape index (κ1) is 29.4. The van der Waals surface area contributed by atoms with Crippen molar-refractivity contribution in [2.45, 2.75) is 50.2 Å². The molecule has 1 saturated carbocycles. The fourth-order valence-electron chi connectivity index (χ4n) is 5.99. The van der Waals surface area contributed by atoms with Crippen LogP contribution in [0.1, 0.15) is 49.3 Å². The minimum absolute atomic E-state index is 0.00329. The summed E-state index contributed by atoms with van der Waals surface area (Å²) in [5.41, 5.74) is 1.60. The standard InChI is InChI=1S/C33H38N4O4S/c1-40-26-16-17-27(29(20-26)41-2)34-31(39)33(18-10-5-11-19-33)37(21-24-12-6-3-7-13-24)30(38)23-36-22-28(35-32(36)42)25-14-8-4-9-15-25/h3-4,6-9,12-17,20,28H,5,10-11,18-19,21-23H2,1-2H3,(H,34,39)(H,35,42). The van der Waals surface area contributed by atoms with Gasteiger partial charge in [0, 0.05) is 19.2 Å². The van der Waals surface area contributed by atoms with Crippen molar-refractivity contribution in [2.75, 3.05) is 32.6 Å². The van der Waals surface area contributed by atoms with Gasteiger partial charge in [-0.15, -0.1) is 0 Å². The third-order valence-electron chi connectivity index (χ3n) is 8.28. The number of benzene rings is 3. The van der Waals surface area contributed by atoms with Crippen LogP contribution in [0.15, 0.2) is 78.9 Å². The molecule has 2 amide bonds. The first-order valence-electron chi connectivity index (χ1n) is 14.4. The van der Waals surface area contributed by atoms with Gasteiger partial charge in [-0.1, -0.05) is 79.9 Å². The fraction of sp³-hybridized carbons (Fsp3) is 0.364. The van der Waals surface area contributed by atoms with Crippen LogP contribution in [0.3, 0.4) is 0 Å². The number of carbonyl (C=O) groups excluding carboxylic acids is 2. The summed E-state index contributed by atoms with van der Waals surface area (Å²) in [5, 5.41) is 7.02. The Hall–Kier alpha value is -4.11. The van der Waals surface area contributed by atoms with Crippen LogP contribution in [0.2, 0.25) is 0 Å². The quantitative estimate of drug-likeness (QED) is 0.312. The summed E-state index contributed by atoms with van der Waals surface area (Å²) in [6, 6.07) is 25.2. The van der Waals surface area contributed by atoms with Crippen LogP contribution < -0.4 is 20.1 Å². The molecular formula is C33H38N4O4S. The Morgan fingerprint density at radius 1 is 0.976 bits per heavy atom. The molecular weight excluding hydrogens is 548 g/mol. The van der Waals surface area contributed by atoms with Crippen molar-refractivity contribution >= 4 is 34.8 Å². The highest BCUT2D eigenvalue weighted by atomic mass is 32.1. The number of nitrogens with zero attached hydrogens (tertiary/aromatic N) is 2. The Labute approximate surface area is 253 Å². The molecule has 220 valence electrons. The third-order valence-corrected chi connectivity index (χ3v) is 8.65. The van der Waals surface area contributed by atoms with Crippen molar-refractivity contribution in [3.05, 3.63) is 90.0 Å². The number of hydrogen-bond donors (Lipinski definition) is 2. The normalized spacial score (nSPS) is 17.7. The molecule has 3 aromatic carbocycles. The fourth-order valence-corrected chi connectivity index (χ4v) is 6.27. The average molecular weight is 587 g/mol. The maximum Gasteiger partial charge on any atom is 0.250 e. The molecule has 3 aromatic rings. The molecule has 1 unspecified atom stereocenters. The molecule has 2 aliphatic rings. The van der Waals surface area contributed by atoms with Gasteiger partial charge in [-0.05, 0) is 48.3 Å². The van der Waals surface area contributed by atoms with E-state index in [2.05, 4.69) is 22.8 Å². The van der Waals surface area contributed by atoms with Crippen LogP contribution in [0.25, 0.3) is 0 Å². The smallest absolute Gasteiger partial charge is 0.250 e. The number of thiocarbonyl (C=S) groups is 1. The van der Waals surface area contributed by atoms with Gasteiger partial charge in [0.1, 0.15) is 17.0 Å². The summed E-state index contributed by atoms with van der Waals surface area (Å²) < 4.78 is 10.9. The van der Waals surface area contributed by atoms with Gasteiger partial charge < -0.3 is 29.9 Å². The second kappa shape index (κ2) is 13.2. The van der Waals surface area contributed by atoms with E-state index in [0.717, 1.165) is 30.4 Å². The Morgan fingerprint density at radius 3 is 2.33 bits per heavy atom. The van der Waals surface area contributed by atoms with Crippen LogP contribution in [-0.4, -0.2) is 59.6 Å². The number of ether oxygens (including phenoxy) is 2. The van der Waals surface area contributed by atoms with E-state index in [1.807, 2.05) is 53.4 Å². The number of anilines is 1. The maximum absolute atomic E-state index is 14.3. The number of methoxy groups -OCH3 is 2. The molecule has 2 fully saturated rings. The van der Waals surface area contributed by atoms with Gasteiger partial charge >= 0.3 is 0 Å². The minimum Gasteiger partial charge on any atom is -0.497 e.